The summed E-state index contributed by atoms with van der Waals surface area (Å²) in [6, 6.07) is 13.2. The summed E-state index contributed by atoms with van der Waals surface area (Å²) >= 11 is 0. The Morgan fingerprint density at radius 2 is 0.970 bits per heavy atom. The second kappa shape index (κ2) is 13.8. The first kappa shape index (κ1) is 30.3. The van der Waals surface area contributed by atoms with Crippen LogP contribution in [-0.2, 0) is 29.6 Å². The molecule has 0 atom stereocenters. The number of hydrogen-bond acceptors (Lipinski definition) is 6. The average Bonchev–Trinajstić information content (AvgIpc) is 2.68. The summed E-state index contributed by atoms with van der Waals surface area (Å²) in [6.07, 6.45) is 0. The summed E-state index contributed by atoms with van der Waals surface area (Å²) in [7, 11) is -7.81. The number of nitrogens with one attached hydrogen (secondary N) is 2. The van der Waals surface area contributed by atoms with Crippen molar-refractivity contribution in [2.24, 2.45) is 8.80 Å². The van der Waals surface area contributed by atoms with E-state index in [2.05, 4.69) is 19.4 Å². The molecule has 0 spiro atoms. The van der Waals surface area contributed by atoms with Gasteiger partial charge in [0.25, 0.3) is 0 Å². The molecule has 0 aliphatic heterocycles. The number of amides is 2. The molecule has 0 aliphatic carbocycles. The first-order valence-electron chi connectivity index (χ1n) is 8.39. The van der Waals surface area contributed by atoms with Crippen LogP contribution in [0.1, 0.15) is 13.8 Å². The van der Waals surface area contributed by atoms with Gasteiger partial charge in [0, 0.05) is 25.2 Å². The second-order valence-corrected chi connectivity index (χ2v) is 8.95. The van der Waals surface area contributed by atoms with Gasteiger partial charge in [-0.3, -0.25) is 9.59 Å². The molecule has 0 unspecified atom stereocenters. The van der Waals surface area contributed by atoms with Crippen LogP contribution in [0, 0.1) is 0 Å². The molecule has 2 N–H and O–H groups in total. The Hall–Kier alpha value is -2.70. The van der Waals surface area contributed by atoms with Crippen LogP contribution >= 0.6 is 0 Å². The minimum atomic E-state index is -3.90. The molecule has 0 aromatic heterocycles. The molecule has 0 bridgehead atoms. The fourth-order valence-corrected chi connectivity index (χ4v) is 3.43. The molecule has 2 rings (SSSR count). The van der Waals surface area contributed by atoms with E-state index in [1.165, 1.54) is 74.4 Å². The predicted molar refractivity (Wildman–Crippen MR) is 123 cm³/mol. The molecule has 12 nitrogen and oxygen atoms in total. The molecule has 0 aliphatic rings. The van der Waals surface area contributed by atoms with Gasteiger partial charge < -0.3 is 30.2 Å². The van der Waals surface area contributed by atoms with Crippen LogP contribution in [0.2, 0.25) is 0 Å². The van der Waals surface area contributed by atoms with Crippen molar-refractivity contribution in [3.8, 4) is 0 Å². The Morgan fingerprint density at radius 3 is 1.18 bits per heavy atom. The molecule has 0 radical (unpaired) electrons. The molecule has 15 heteroatoms. The third kappa shape index (κ3) is 10.6. The van der Waals surface area contributed by atoms with Crippen molar-refractivity contribution in [2.45, 2.75) is 23.6 Å². The van der Waals surface area contributed by atoms with Crippen LogP contribution in [-0.4, -0.2) is 78.4 Å². The summed E-state index contributed by atoms with van der Waals surface area (Å²) in [6.45, 7) is 2.69. The number of nitrogens with zero attached hydrogens (tertiary/aromatic N) is 4. The number of anilines is 2. The van der Waals surface area contributed by atoms with Gasteiger partial charge in [-0.05, 0) is 48.5 Å². The van der Waals surface area contributed by atoms with Gasteiger partial charge >= 0.3 is 37.7 Å². The van der Waals surface area contributed by atoms with Gasteiger partial charge in [-0.2, -0.15) is 0 Å². The molecule has 2 amide bonds. The van der Waals surface area contributed by atoms with E-state index in [4.69, 9.17) is 10.8 Å². The molecule has 2 aromatic carbocycles. The van der Waals surface area contributed by atoms with Crippen molar-refractivity contribution in [2.75, 3.05) is 10.6 Å². The van der Waals surface area contributed by atoms with Crippen LogP contribution in [0.25, 0.3) is 10.8 Å². The quantitative estimate of drug-likeness (QED) is 0.433. The van der Waals surface area contributed by atoms with E-state index in [-0.39, 0.29) is 59.3 Å². The van der Waals surface area contributed by atoms with E-state index in [1.807, 2.05) is 0 Å². The fourth-order valence-electron chi connectivity index (χ4n) is 2.04. The predicted octanol–water partition coefficient (Wildman–Crippen LogP) is 1.77. The number of benzene rings is 2. The zero-order valence-electron chi connectivity index (χ0n) is 17.4. The standard InChI is InChI=1S/2C9H8N3O3S.Ca/c2*1-7(13)12-8-2-4-9(5-3-8)16(14,15)11-6-10;/h2*2-5H,1H3,(H,12,13);/q2*-1;+2. The maximum Gasteiger partial charge on any atom is 2.00 e. The molecular formula is C18H16CaN6O6S2. The molecular weight excluding hydrogens is 500 g/mol. The van der Waals surface area contributed by atoms with Crippen LogP contribution in [0.3, 0.4) is 0 Å². The van der Waals surface area contributed by atoms with Gasteiger partial charge in [0.2, 0.25) is 31.9 Å². The summed E-state index contributed by atoms with van der Waals surface area (Å²) in [5.41, 5.74) is 0.951. The maximum atomic E-state index is 11.3. The van der Waals surface area contributed by atoms with E-state index in [1.54, 1.807) is 0 Å². The van der Waals surface area contributed by atoms with E-state index in [0.717, 1.165) is 0 Å². The monoisotopic (exact) mass is 516 g/mol. The topological polar surface area (TPSA) is 196 Å². The van der Waals surface area contributed by atoms with Gasteiger partial charge in [0.05, 0.1) is 9.79 Å². The minimum Gasteiger partial charge on any atom is -0.422 e. The van der Waals surface area contributed by atoms with E-state index in [0.29, 0.717) is 11.4 Å². The number of carbonyl (C=O) groups excluding carboxylic acids is 2. The Balaban J connectivity index is 0.000000602. The van der Waals surface area contributed by atoms with Crippen molar-refractivity contribution in [1.29, 1.82) is 0 Å². The SMILES string of the molecule is CC(=O)Nc1ccc(S(=O)(=O)N=C=[N-])cc1.CC(=O)Nc1ccc(S(=O)(=O)N=C=[N-])cc1.[Ca+2]. The van der Waals surface area contributed by atoms with Crippen molar-refractivity contribution in [1.82, 2.24) is 0 Å². The zero-order chi connectivity index (χ0) is 24.4. The van der Waals surface area contributed by atoms with Gasteiger partial charge in [0.1, 0.15) is 0 Å². The largest absolute Gasteiger partial charge is 2.00 e. The summed E-state index contributed by atoms with van der Waals surface area (Å²) in [5, 5.41) is 21.3. The molecule has 0 fully saturated rings. The Morgan fingerprint density at radius 1 is 0.697 bits per heavy atom. The number of rotatable bonds is 6. The number of carbonyl (C=O) groups is 2. The number of sulfonamides is 2. The molecule has 0 heterocycles. The molecule has 0 saturated heterocycles. The maximum absolute atomic E-state index is 11.3. The minimum absolute atomic E-state index is 0. The second-order valence-electron chi connectivity index (χ2n) is 5.74. The molecule has 0 saturated carbocycles. The van der Waals surface area contributed by atoms with E-state index < -0.39 is 20.0 Å². The van der Waals surface area contributed by atoms with E-state index >= 15 is 0 Å². The molecule has 168 valence electrons. The average molecular weight is 517 g/mol. The van der Waals surface area contributed by atoms with Gasteiger partial charge in [-0.15, -0.1) is 12.0 Å². The first-order chi connectivity index (χ1) is 14.9. The van der Waals surface area contributed by atoms with Crippen LogP contribution in [0.4, 0.5) is 11.4 Å². The summed E-state index contributed by atoms with van der Waals surface area (Å²) < 4.78 is 50.8. The third-order valence-corrected chi connectivity index (χ3v) is 5.65. The van der Waals surface area contributed by atoms with Gasteiger partial charge in [0.15, 0.2) is 0 Å². The van der Waals surface area contributed by atoms with Crippen LogP contribution < -0.4 is 10.6 Å². The summed E-state index contributed by atoms with van der Waals surface area (Å²) in [4.78, 5) is 21.2. The smallest absolute Gasteiger partial charge is 0.422 e. The summed E-state index contributed by atoms with van der Waals surface area (Å²) in [5.74, 6) is -0.505. The Kier molecular flexibility index (Phi) is 12.6. The van der Waals surface area contributed by atoms with E-state index in [9.17, 15) is 26.4 Å². The first-order valence-corrected chi connectivity index (χ1v) is 11.3. The van der Waals surface area contributed by atoms with Crippen molar-refractivity contribution in [3.05, 3.63) is 59.3 Å². The van der Waals surface area contributed by atoms with Crippen molar-refractivity contribution in [3.63, 3.8) is 0 Å². The van der Waals surface area contributed by atoms with Crippen molar-refractivity contribution >= 4 is 93.0 Å². The number of hydrogen-bond donors (Lipinski definition) is 2. The van der Waals surface area contributed by atoms with Crippen LogP contribution in [0.5, 0.6) is 0 Å². The van der Waals surface area contributed by atoms with Crippen LogP contribution in [0.15, 0.2) is 67.1 Å². The van der Waals surface area contributed by atoms with Crippen molar-refractivity contribution < 1.29 is 26.4 Å². The molecule has 33 heavy (non-hydrogen) atoms. The Labute approximate surface area is 220 Å². The zero-order valence-corrected chi connectivity index (χ0v) is 21.2. The third-order valence-electron chi connectivity index (χ3n) is 3.27. The normalized spacial score (nSPS) is 10.0. The Bertz CT molecular complexity index is 1190. The van der Waals surface area contributed by atoms with Gasteiger partial charge in [-0.1, -0.05) is 0 Å². The fraction of sp³-hybridized carbons (Fsp3) is 0.111. The molecule has 2 aromatic rings. The van der Waals surface area contributed by atoms with Gasteiger partial charge in [-0.25, -0.2) is 16.8 Å².